The second kappa shape index (κ2) is 8.82. The Bertz CT molecular complexity index is 1920. The van der Waals surface area contributed by atoms with E-state index in [9.17, 15) is 0 Å². The van der Waals surface area contributed by atoms with Crippen LogP contribution in [0.3, 0.4) is 0 Å². The molecule has 4 N–H and O–H groups in total. The molecule has 5 aromatic heterocycles. The lowest BCUT2D eigenvalue weighted by atomic mass is 9.94. The Labute approximate surface area is 230 Å². The quantitative estimate of drug-likeness (QED) is 0.340. The lowest BCUT2D eigenvalue weighted by Crippen LogP contribution is -2.09. The molecule has 1 atom stereocenters. The van der Waals surface area contributed by atoms with Gasteiger partial charge in [-0.3, -0.25) is 9.55 Å². The normalized spacial score (nSPS) is 16.0. The van der Waals surface area contributed by atoms with Crippen molar-refractivity contribution in [1.29, 1.82) is 0 Å². The molecular formula is C31H27N9. The molecule has 9 heteroatoms. The van der Waals surface area contributed by atoms with Gasteiger partial charge in [0, 0.05) is 36.4 Å². The van der Waals surface area contributed by atoms with Gasteiger partial charge < -0.3 is 11.5 Å². The summed E-state index contributed by atoms with van der Waals surface area (Å²) in [5.74, 6) is 1.82. The Morgan fingerprint density at radius 2 is 1.80 bits per heavy atom. The molecule has 2 aliphatic carbocycles. The van der Waals surface area contributed by atoms with Crippen LogP contribution in [-0.4, -0.2) is 34.3 Å². The third-order valence-electron chi connectivity index (χ3n) is 8.20. The van der Waals surface area contributed by atoms with E-state index < -0.39 is 0 Å². The number of benzene rings is 1. The third-order valence-corrected chi connectivity index (χ3v) is 8.20. The molecule has 0 aliphatic heterocycles. The average Bonchev–Trinajstić information content (AvgIpc) is 3.78. The lowest BCUT2D eigenvalue weighted by molar-refractivity contribution is 0.713. The van der Waals surface area contributed by atoms with Gasteiger partial charge in [0.25, 0.3) is 0 Å². The van der Waals surface area contributed by atoms with E-state index >= 15 is 0 Å². The first-order valence-corrected chi connectivity index (χ1v) is 13.7. The monoisotopic (exact) mass is 525 g/mol. The molecule has 0 amide bonds. The summed E-state index contributed by atoms with van der Waals surface area (Å²) in [7, 11) is 0. The fourth-order valence-electron chi connectivity index (χ4n) is 6.36. The second-order valence-corrected chi connectivity index (χ2v) is 10.5. The average molecular weight is 526 g/mol. The minimum absolute atomic E-state index is 0.00228. The number of imidazole rings is 1. The van der Waals surface area contributed by atoms with Crippen LogP contribution in [0.15, 0.2) is 73.3 Å². The number of hydrogen-bond donors (Lipinski definition) is 2. The van der Waals surface area contributed by atoms with Crippen molar-refractivity contribution in [3.63, 3.8) is 0 Å². The van der Waals surface area contributed by atoms with Crippen molar-refractivity contribution in [2.24, 2.45) is 5.73 Å². The number of aromatic nitrogens is 7. The van der Waals surface area contributed by atoms with Crippen molar-refractivity contribution < 1.29 is 0 Å². The maximum atomic E-state index is 6.62. The number of hydrogen-bond acceptors (Lipinski definition) is 7. The summed E-state index contributed by atoms with van der Waals surface area (Å²) in [5, 5.41) is 4.39. The summed E-state index contributed by atoms with van der Waals surface area (Å²) < 4.78 is 3.85. The van der Waals surface area contributed by atoms with Gasteiger partial charge in [-0.05, 0) is 103 Å². The molecule has 0 fully saturated rings. The van der Waals surface area contributed by atoms with E-state index in [1.54, 1.807) is 17.1 Å². The van der Waals surface area contributed by atoms with Crippen LogP contribution in [0.5, 0.6) is 0 Å². The Hall–Kier alpha value is -4.89. The van der Waals surface area contributed by atoms with Gasteiger partial charge >= 0.3 is 0 Å². The Kier molecular flexibility index (Phi) is 5.08. The summed E-state index contributed by atoms with van der Waals surface area (Å²) in [5.41, 5.74) is 23.5. The summed E-state index contributed by atoms with van der Waals surface area (Å²) in [6.07, 6.45) is 12.3. The number of nitrogens with two attached hydrogens (primary N) is 2. The molecule has 0 saturated heterocycles. The fourth-order valence-corrected chi connectivity index (χ4v) is 6.36. The van der Waals surface area contributed by atoms with Gasteiger partial charge in [-0.15, -0.1) is 0 Å². The SMILES string of the molecule is Nc1ncccc1-c1nc2ccc(-n3cccn3)nc2n1-c1cc2c(c(-c3nccc4c3C(N)CC4)c1)CCC2. The first-order valence-electron chi connectivity index (χ1n) is 13.7. The largest absolute Gasteiger partial charge is 0.383 e. The number of nitrogen functional groups attached to an aromatic ring is 1. The topological polar surface area (TPSA) is 126 Å². The summed E-state index contributed by atoms with van der Waals surface area (Å²) >= 11 is 0. The molecule has 0 bridgehead atoms. The maximum Gasteiger partial charge on any atom is 0.167 e. The predicted molar refractivity (Wildman–Crippen MR) is 154 cm³/mol. The molecule has 40 heavy (non-hydrogen) atoms. The summed E-state index contributed by atoms with van der Waals surface area (Å²) in [6, 6.07) is 16.2. The van der Waals surface area contributed by atoms with Crippen LogP contribution >= 0.6 is 0 Å². The Morgan fingerprint density at radius 1 is 0.850 bits per heavy atom. The van der Waals surface area contributed by atoms with Crippen molar-refractivity contribution in [2.45, 2.75) is 38.1 Å². The molecule has 9 nitrogen and oxygen atoms in total. The minimum Gasteiger partial charge on any atom is -0.383 e. The minimum atomic E-state index is -0.00228. The fraction of sp³-hybridized carbons (Fsp3) is 0.194. The number of nitrogens with zero attached hydrogens (tertiary/aromatic N) is 7. The van der Waals surface area contributed by atoms with E-state index in [-0.39, 0.29) is 6.04 Å². The van der Waals surface area contributed by atoms with E-state index in [4.69, 9.17) is 26.4 Å². The molecule has 8 rings (SSSR count). The first kappa shape index (κ1) is 23.0. The van der Waals surface area contributed by atoms with Crippen LogP contribution in [0, 0.1) is 0 Å². The molecule has 1 aromatic carbocycles. The van der Waals surface area contributed by atoms with Crippen molar-refractivity contribution in [2.75, 3.05) is 5.73 Å². The molecule has 0 spiro atoms. The number of rotatable bonds is 4. The van der Waals surface area contributed by atoms with Crippen LogP contribution in [0.4, 0.5) is 5.82 Å². The Balaban J connectivity index is 1.43. The van der Waals surface area contributed by atoms with Gasteiger partial charge in [-0.1, -0.05) is 0 Å². The zero-order valence-electron chi connectivity index (χ0n) is 21.8. The zero-order chi connectivity index (χ0) is 26.8. The zero-order valence-corrected chi connectivity index (χ0v) is 21.8. The van der Waals surface area contributed by atoms with E-state index in [1.165, 1.54) is 22.3 Å². The highest BCUT2D eigenvalue weighted by Gasteiger charge is 2.28. The molecule has 0 saturated carbocycles. The highest BCUT2D eigenvalue weighted by atomic mass is 15.3. The van der Waals surface area contributed by atoms with E-state index in [0.717, 1.165) is 65.8 Å². The summed E-state index contributed by atoms with van der Waals surface area (Å²) in [4.78, 5) is 19.3. The van der Waals surface area contributed by atoms with Crippen LogP contribution in [0.2, 0.25) is 0 Å². The van der Waals surface area contributed by atoms with Crippen LogP contribution in [0.25, 0.3) is 45.3 Å². The van der Waals surface area contributed by atoms with Crippen molar-refractivity contribution in [3.05, 3.63) is 95.6 Å². The van der Waals surface area contributed by atoms with Crippen LogP contribution in [0.1, 0.15) is 41.1 Å². The van der Waals surface area contributed by atoms with Crippen LogP contribution < -0.4 is 11.5 Å². The van der Waals surface area contributed by atoms with Gasteiger partial charge in [0.15, 0.2) is 17.3 Å². The number of aryl methyl sites for hydroxylation is 2. The smallest absolute Gasteiger partial charge is 0.167 e. The van der Waals surface area contributed by atoms with E-state index in [2.05, 4.69) is 32.8 Å². The molecule has 6 aromatic rings. The highest BCUT2D eigenvalue weighted by Crippen LogP contribution is 2.42. The van der Waals surface area contributed by atoms with Gasteiger partial charge in [0.2, 0.25) is 0 Å². The number of fused-ring (bicyclic) bond motifs is 3. The lowest BCUT2D eigenvalue weighted by Gasteiger charge is -2.18. The first-order chi connectivity index (χ1) is 19.7. The third kappa shape index (κ3) is 3.48. The van der Waals surface area contributed by atoms with Gasteiger partial charge in [0.05, 0.1) is 16.9 Å². The van der Waals surface area contributed by atoms with E-state index in [0.29, 0.717) is 17.5 Å². The van der Waals surface area contributed by atoms with E-state index in [1.807, 2.05) is 42.7 Å². The molecule has 2 aliphatic rings. The van der Waals surface area contributed by atoms with Crippen molar-refractivity contribution in [3.8, 4) is 34.2 Å². The van der Waals surface area contributed by atoms with Crippen LogP contribution in [-0.2, 0) is 19.3 Å². The van der Waals surface area contributed by atoms with Gasteiger partial charge in [-0.2, -0.15) is 5.10 Å². The van der Waals surface area contributed by atoms with Gasteiger partial charge in [-0.25, -0.2) is 19.6 Å². The van der Waals surface area contributed by atoms with Crippen molar-refractivity contribution >= 4 is 17.0 Å². The second-order valence-electron chi connectivity index (χ2n) is 10.5. The highest BCUT2D eigenvalue weighted by molar-refractivity contribution is 5.84. The standard InChI is InChI=1S/C31H27N9/c32-24-8-7-18-11-14-34-28(27(18)24)23-17-20(16-19-4-1-5-21(19)23)40-30(22-6-2-12-35-29(22)33)37-25-9-10-26(38-31(25)40)39-15-3-13-36-39/h2-3,6,9-17,24H,1,4-5,7-8,32H2,(H2,33,35). The van der Waals surface area contributed by atoms with Gasteiger partial charge in [0.1, 0.15) is 11.3 Å². The number of anilines is 1. The van der Waals surface area contributed by atoms with Crippen molar-refractivity contribution in [1.82, 2.24) is 34.3 Å². The molecule has 196 valence electrons. The molecular weight excluding hydrogens is 498 g/mol. The summed E-state index contributed by atoms with van der Waals surface area (Å²) in [6.45, 7) is 0. The molecule has 5 heterocycles. The maximum absolute atomic E-state index is 6.62. The molecule has 1 unspecified atom stereocenters. The predicted octanol–water partition coefficient (Wildman–Crippen LogP) is 4.75. The Morgan fingerprint density at radius 3 is 2.67 bits per heavy atom. The molecule has 0 radical (unpaired) electrons. The number of pyridine rings is 3.